The molecule has 0 spiro atoms. The number of rotatable bonds is 4. The average Bonchev–Trinajstić information content (AvgIpc) is 2.36. The van der Waals surface area contributed by atoms with Gasteiger partial charge < -0.3 is 5.32 Å². The molecule has 0 atom stereocenters. The van der Waals surface area contributed by atoms with E-state index < -0.39 is 0 Å². The van der Waals surface area contributed by atoms with Crippen molar-refractivity contribution in [2.24, 2.45) is 0 Å². The van der Waals surface area contributed by atoms with Gasteiger partial charge in [-0.25, -0.2) is 14.4 Å². The van der Waals surface area contributed by atoms with Crippen LogP contribution in [-0.4, -0.2) is 16.5 Å². The molecule has 94 valence electrons. The van der Waals surface area contributed by atoms with Crippen LogP contribution >= 0.6 is 11.8 Å². The minimum absolute atomic E-state index is 0.230. The van der Waals surface area contributed by atoms with Crippen molar-refractivity contribution in [2.75, 3.05) is 11.9 Å². The molecule has 0 aliphatic rings. The SMILES string of the molecule is CCNc1ncc(C)c(Sc2ccc(F)cc2)n1. The Morgan fingerprint density at radius 2 is 2.00 bits per heavy atom. The first-order chi connectivity index (χ1) is 8.69. The monoisotopic (exact) mass is 263 g/mol. The lowest BCUT2D eigenvalue weighted by atomic mass is 10.3. The first-order valence-corrected chi connectivity index (χ1v) is 6.51. The molecule has 1 aromatic carbocycles. The molecule has 0 fully saturated rings. The Kier molecular flexibility index (Phi) is 4.15. The third-order valence-corrected chi connectivity index (χ3v) is 3.40. The normalized spacial score (nSPS) is 10.4. The van der Waals surface area contributed by atoms with E-state index in [1.165, 1.54) is 23.9 Å². The molecule has 1 aromatic heterocycles. The van der Waals surface area contributed by atoms with Crippen LogP contribution in [0.4, 0.5) is 10.3 Å². The molecule has 0 aliphatic heterocycles. The van der Waals surface area contributed by atoms with E-state index >= 15 is 0 Å². The van der Waals surface area contributed by atoms with E-state index in [2.05, 4.69) is 15.3 Å². The highest BCUT2D eigenvalue weighted by Crippen LogP contribution is 2.28. The predicted octanol–water partition coefficient (Wildman–Crippen LogP) is 3.51. The second-order valence-corrected chi connectivity index (χ2v) is 4.83. The van der Waals surface area contributed by atoms with E-state index in [-0.39, 0.29) is 5.82 Å². The zero-order chi connectivity index (χ0) is 13.0. The van der Waals surface area contributed by atoms with Crippen molar-refractivity contribution in [3.05, 3.63) is 41.8 Å². The maximum atomic E-state index is 12.8. The van der Waals surface area contributed by atoms with Gasteiger partial charge in [-0.3, -0.25) is 0 Å². The summed E-state index contributed by atoms with van der Waals surface area (Å²) < 4.78 is 12.8. The smallest absolute Gasteiger partial charge is 0.223 e. The summed E-state index contributed by atoms with van der Waals surface area (Å²) in [6.07, 6.45) is 1.79. The molecule has 0 bridgehead atoms. The van der Waals surface area contributed by atoms with Gasteiger partial charge in [0.05, 0.1) is 0 Å². The van der Waals surface area contributed by atoms with E-state index in [1.807, 2.05) is 13.8 Å². The Bertz CT molecular complexity index is 528. The summed E-state index contributed by atoms with van der Waals surface area (Å²) in [5.41, 5.74) is 1.01. The van der Waals surface area contributed by atoms with Gasteiger partial charge in [-0.2, -0.15) is 0 Å². The maximum absolute atomic E-state index is 12.8. The zero-order valence-corrected chi connectivity index (χ0v) is 11.1. The summed E-state index contributed by atoms with van der Waals surface area (Å²) in [7, 11) is 0. The fraction of sp³-hybridized carbons (Fsp3) is 0.231. The van der Waals surface area contributed by atoms with E-state index in [1.54, 1.807) is 18.3 Å². The molecule has 5 heteroatoms. The van der Waals surface area contributed by atoms with E-state index in [9.17, 15) is 4.39 Å². The molecule has 0 amide bonds. The van der Waals surface area contributed by atoms with Gasteiger partial charge in [-0.15, -0.1) is 0 Å². The Labute approximate surface area is 110 Å². The Morgan fingerprint density at radius 3 is 2.67 bits per heavy atom. The van der Waals surface area contributed by atoms with Gasteiger partial charge in [-0.1, -0.05) is 11.8 Å². The minimum atomic E-state index is -0.230. The predicted molar refractivity (Wildman–Crippen MR) is 71.5 cm³/mol. The summed E-state index contributed by atoms with van der Waals surface area (Å²) in [6, 6.07) is 6.39. The topological polar surface area (TPSA) is 37.8 Å². The third-order valence-electron chi connectivity index (χ3n) is 2.29. The molecule has 0 saturated carbocycles. The summed E-state index contributed by atoms with van der Waals surface area (Å²) in [4.78, 5) is 9.57. The van der Waals surface area contributed by atoms with Crippen LogP contribution in [0.2, 0.25) is 0 Å². The van der Waals surface area contributed by atoms with Crippen molar-refractivity contribution in [1.29, 1.82) is 0 Å². The fourth-order valence-corrected chi connectivity index (χ4v) is 2.23. The summed E-state index contributed by atoms with van der Waals surface area (Å²) >= 11 is 1.51. The number of nitrogens with zero attached hydrogens (tertiary/aromatic N) is 2. The standard InChI is InChI=1S/C13H14FN3S/c1-3-15-13-16-8-9(2)12(17-13)18-11-6-4-10(14)5-7-11/h4-8H,3H2,1-2H3,(H,15,16,17). The lowest BCUT2D eigenvalue weighted by Gasteiger charge is -2.07. The van der Waals surface area contributed by atoms with Crippen LogP contribution in [-0.2, 0) is 0 Å². The first kappa shape index (κ1) is 12.8. The first-order valence-electron chi connectivity index (χ1n) is 5.70. The van der Waals surface area contributed by atoms with Gasteiger partial charge in [0.25, 0.3) is 0 Å². The van der Waals surface area contributed by atoms with Gasteiger partial charge in [-0.05, 0) is 38.1 Å². The second-order valence-electron chi connectivity index (χ2n) is 3.77. The van der Waals surface area contributed by atoms with E-state index in [0.29, 0.717) is 5.95 Å². The number of halogens is 1. The highest BCUT2D eigenvalue weighted by Gasteiger charge is 2.05. The zero-order valence-electron chi connectivity index (χ0n) is 10.3. The van der Waals surface area contributed by atoms with Crippen molar-refractivity contribution < 1.29 is 4.39 Å². The molecule has 2 rings (SSSR count). The number of aryl methyl sites for hydroxylation is 1. The number of aromatic nitrogens is 2. The van der Waals surface area contributed by atoms with Crippen LogP contribution < -0.4 is 5.32 Å². The highest BCUT2D eigenvalue weighted by molar-refractivity contribution is 7.99. The van der Waals surface area contributed by atoms with Crippen LogP contribution in [0.3, 0.4) is 0 Å². The molecule has 0 radical (unpaired) electrons. The van der Waals surface area contributed by atoms with Gasteiger partial charge in [0, 0.05) is 23.2 Å². The molecular weight excluding hydrogens is 249 g/mol. The third kappa shape index (κ3) is 3.20. The van der Waals surface area contributed by atoms with Gasteiger partial charge in [0.15, 0.2) is 0 Å². The van der Waals surface area contributed by atoms with Gasteiger partial charge in [0.2, 0.25) is 5.95 Å². The molecule has 0 saturated heterocycles. The van der Waals surface area contributed by atoms with Crippen molar-refractivity contribution in [2.45, 2.75) is 23.8 Å². The van der Waals surface area contributed by atoms with Crippen molar-refractivity contribution in [3.8, 4) is 0 Å². The largest absolute Gasteiger partial charge is 0.354 e. The number of nitrogens with one attached hydrogen (secondary N) is 1. The van der Waals surface area contributed by atoms with Crippen molar-refractivity contribution in [1.82, 2.24) is 9.97 Å². The van der Waals surface area contributed by atoms with Crippen LogP contribution in [0, 0.1) is 12.7 Å². The summed E-state index contributed by atoms with van der Waals surface area (Å²) in [5, 5.41) is 3.96. The number of hydrogen-bond acceptors (Lipinski definition) is 4. The molecule has 0 unspecified atom stereocenters. The second kappa shape index (κ2) is 5.82. The van der Waals surface area contributed by atoms with E-state index in [4.69, 9.17) is 0 Å². The Balaban J connectivity index is 2.22. The van der Waals surface area contributed by atoms with Gasteiger partial charge >= 0.3 is 0 Å². The highest BCUT2D eigenvalue weighted by atomic mass is 32.2. The minimum Gasteiger partial charge on any atom is -0.354 e. The molecule has 1 N–H and O–H groups in total. The molecule has 0 aliphatic carbocycles. The summed E-state index contributed by atoms with van der Waals surface area (Å²) in [5.74, 6) is 0.389. The Hall–Kier alpha value is -1.62. The van der Waals surface area contributed by atoms with Crippen LogP contribution in [0.5, 0.6) is 0 Å². The molecular formula is C13H14FN3S. The summed E-state index contributed by atoms with van der Waals surface area (Å²) in [6.45, 7) is 4.74. The number of hydrogen-bond donors (Lipinski definition) is 1. The molecule has 2 aromatic rings. The fourth-order valence-electron chi connectivity index (χ4n) is 1.39. The lowest BCUT2D eigenvalue weighted by molar-refractivity contribution is 0.626. The average molecular weight is 263 g/mol. The number of benzene rings is 1. The van der Waals surface area contributed by atoms with Gasteiger partial charge in [0.1, 0.15) is 10.8 Å². The van der Waals surface area contributed by atoms with Crippen LogP contribution in [0.15, 0.2) is 40.4 Å². The van der Waals surface area contributed by atoms with Crippen LogP contribution in [0.1, 0.15) is 12.5 Å². The Morgan fingerprint density at radius 1 is 1.28 bits per heavy atom. The van der Waals surface area contributed by atoms with Crippen LogP contribution in [0.25, 0.3) is 0 Å². The van der Waals surface area contributed by atoms with Crippen molar-refractivity contribution >= 4 is 17.7 Å². The molecule has 18 heavy (non-hydrogen) atoms. The maximum Gasteiger partial charge on any atom is 0.223 e. The lowest BCUT2D eigenvalue weighted by Crippen LogP contribution is -2.03. The number of anilines is 1. The molecule has 1 heterocycles. The quantitative estimate of drug-likeness (QED) is 0.857. The van der Waals surface area contributed by atoms with Crippen molar-refractivity contribution in [3.63, 3.8) is 0 Å². The van der Waals surface area contributed by atoms with E-state index in [0.717, 1.165) is 22.0 Å². The molecule has 3 nitrogen and oxygen atoms in total.